The molecule has 0 saturated heterocycles. The van der Waals surface area contributed by atoms with Crippen molar-refractivity contribution in [1.82, 2.24) is 4.57 Å². The maximum Gasteiger partial charge on any atom is 0.0541 e. The van der Waals surface area contributed by atoms with Gasteiger partial charge in [-0.1, -0.05) is 115 Å². The van der Waals surface area contributed by atoms with Crippen LogP contribution in [0.5, 0.6) is 0 Å². The molecule has 234 valence electrons. The minimum absolute atomic E-state index is 1.11. The summed E-state index contributed by atoms with van der Waals surface area (Å²) in [7, 11) is 0. The molecule has 1 aliphatic carbocycles. The highest BCUT2D eigenvalue weighted by atomic mass is 15.1. The largest absolute Gasteiger partial charge is 0.311 e. The topological polar surface area (TPSA) is 8.17 Å². The summed E-state index contributed by atoms with van der Waals surface area (Å²) < 4.78 is 2.37. The monoisotopic (exact) mass is 628 g/mol. The number of nitrogens with zero attached hydrogens (tertiary/aromatic N) is 2. The quantitative estimate of drug-likeness (QED) is 0.178. The SMILES string of the molecule is Cc1ccc(N(c2ccc(-c3ccc4c(c3)c3ccccc3n4-c3ccccc3)cc2)c2ccc(-c3cccc4c3C=CCC4)cc2)cc1. The third-order valence-corrected chi connectivity index (χ3v) is 9.94. The first-order chi connectivity index (χ1) is 24.2. The lowest BCUT2D eigenvalue weighted by molar-refractivity contribution is 0.986. The maximum atomic E-state index is 2.37. The molecule has 1 aliphatic rings. The van der Waals surface area contributed by atoms with Gasteiger partial charge >= 0.3 is 0 Å². The number of benzene rings is 7. The molecule has 1 aromatic heterocycles. The molecule has 8 aromatic rings. The second-order valence-corrected chi connectivity index (χ2v) is 13.0. The molecule has 7 aromatic carbocycles. The normalized spacial score (nSPS) is 12.3. The summed E-state index contributed by atoms with van der Waals surface area (Å²) in [4.78, 5) is 2.35. The van der Waals surface area contributed by atoms with Crippen LogP contribution in [0, 0.1) is 6.92 Å². The smallest absolute Gasteiger partial charge is 0.0541 e. The highest BCUT2D eigenvalue weighted by Crippen LogP contribution is 2.39. The van der Waals surface area contributed by atoms with E-state index in [1.165, 1.54) is 66.4 Å². The van der Waals surface area contributed by atoms with Crippen LogP contribution in [0.3, 0.4) is 0 Å². The van der Waals surface area contributed by atoms with Crippen LogP contribution in [0.25, 0.3) is 55.8 Å². The zero-order valence-electron chi connectivity index (χ0n) is 27.6. The first-order valence-corrected chi connectivity index (χ1v) is 17.2. The first-order valence-electron chi connectivity index (χ1n) is 17.2. The summed E-state index contributed by atoms with van der Waals surface area (Å²) in [5, 5.41) is 2.53. The molecular formula is C47H36N2. The van der Waals surface area contributed by atoms with Crippen LogP contribution in [0.2, 0.25) is 0 Å². The fraction of sp³-hybridized carbons (Fsp3) is 0.0638. The Morgan fingerprint density at radius 3 is 1.90 bits per heavy atom. The Bertz CT molecular complexity index is 2470. The van der Waals surface area contributed by atoms with Crippen molar-refractivity contribution in [3.8, 4) is 27.9 Å². The van der Waals surface area contributed by atoms with Gasteiger partial charge in [0.25, 0.3) is 0 Å². The van der Waals surface area contributed by atoms with Gasteiger partial charge in [-0.25, -0.2) is 0 Å². The molecule has 0 aliphatic heterocycles. The molecule has 0 saturated carbocycles. The zero-order chi connectivity index (χ0) is 32.7. The Kier molecular flexibility index (Phi) is 7.21. The van der Waals surface area contributed by atoms with Crippen LogP contribution in [-0.2, 0) is 6.42 Å². The lowest BCUT2D eigenvalue weighted by Crippen LogP contribution is -2.09. The number of aromatic nitrogens is 1. The Labute approximate surface area is 287 Å². The number of rotatable bonds is 6. The maximum absolute atomic E-state index is 2.37. The van der Waals surface area contributed by atoms with Crippen molar-refractivity contribution >= 4 is 44.9 Å². The average Bonchev–Trinajstić information content (AvgIpc) is 3.50. The van der Waals surface area contributed by atoms with Crippen molar-refractivity contribution < 1.29 is 0 Å². The van der Waals surface area contributed by atoms with E-state index in [9.17, 15) is 0 Å². The lowest BCUT2D eigenvalue weighted by atomic mass is 9.90. The van der Waals surface area contributed by atoms with Gasteiger partial charge in [-0.3, -0.25) is 0 Å². The van der Waals surface area contributed by atoms with Gasteiger partial charge in [0, 0.05) is 33.5 Å². The van der Waals surface area contributed by atoms with E-state index in [-0.39, 0.29) is 0 Å². The van der Waals surface area contributed by atoms with E-state index in [1.54, 1.807) is 0 Å². The van der Waals surface area contributed by atoms with Crippen molar-refractivity contribution in [2.24, 2.45) is 0 Å². The first kappa shape index (κ1) is 29.1. The minimum Gasteiger partial charge on any atom is -0.311 e. The summed E-state index contributed by atoms with van der Waals surface area (Å²) in [5.41, 5.74) is 16.0. The molecular weight excluding hydrogens is 593 g/mol. The van der Waals surface area contributed by atoms with Crippen LogP contribution in [0.1, 0.15) is 23.1 Å². The molecule has 0 fully saturated rings. The molecule has 0 atom stereocenters. The predicted molar refractivity (Wildman–Crippen MR) is 208 cm³/mol. The third kappa shape index (κ3) is 5.23. The highest BCUT2D eigenvalue weighted by molar-refractivity contribution is 6.10. The van der Waals surface area contributed by atoms with Gasteiger partial charge in [-0.15, -0.1) is 0 Å². The molecule has 2 nitrogen and oxygen atoms in total. The Morgan fingerprint density at radius 2 is 1.14 bits per heavy atom. The molecule has 9 rings (SSSR count). The van der Waals surface area contributed by atoms with Gasteiger partial charge in [-0.2, -0.15) is 0 Å². The number of hydrogen-bond acceptors (Lipinski definition) is 1. The molecule has 0 radical (unpaired) electrons. The van der Waals surface area contributed by atoms with Crippen molar-refractivity contribution in [3.05, 3.63) is 187 Å². The van der Waals surface area contributed by atoms with Gasteiger partial charge in [0.05, 0.1) is 11.0 Å². The summed E-state index contributed by atoms with van der Waals surface area (Å²) in [6, 6.07) is 59.8. The van der Waals surface area contributed by atoms with E-state index in [2.05, 4.69) is 192 Å². The van der Waals surface area contributed by atoms with E-state index >= 15 is 0 Å². The van der Waals surface area contributed by atoms with Gasteiger partial charge in [0.1, 0.15) is 0 Å². The van der Waals surface area contributed by atoms with Crippen LogP contribution in [0.4, 0.5) is 17.1 Å². The number of para-hydroxylation sites is 2. The molecule has 0 spiro atoms. The fourth-order valence-corrected chi connectivity index (χ4v) is 7.46. The van der Waals surface area contributed by atoms with Crippen molar-refractivity contribution in [2.75, 3.05) is 4.90 Å². The van der Waals surface area contributed by atoms with Gasteiger partial charge in [-0.05, 0) is 120 Å². The highest BCUT2D eigenvalue weighted by Gasteiger charge is 2.16. The summed E-state index contributed by atoms with van der Waals surface area (Å²) in [5.74, 6) is 0. The second kappa shape index (κ2) is 12.2. The number of anilines is 3. The molecule has 0 unspecified atom stereocenters. The zero-order valence-corrected chi connectivity index (χ0v) is 27.6. The number of aryl methyl sites for hydroxylation is 2. The van der Waals surface area contributed by atoms with E-state index < -0.39 is 0 Å². The second-order valence-electron chi connectivity index (χ2n) is 13.0. The molecule has 49 heavy (non-hydrogen) atoms. The number of allylic oxidation sites excluding steroid dienone is 1. The Balaban J connectivity index is 1.09. The molecule has 0 amide bonds. The molecule has 2 heteroatoms. The third-order valence-electron chi connectivity index (χ3n) is 9.94. The average molecular weight is 629 g/mol. The molecule has 1 heterocycles. The lowest BCUT2D eigenvalue weighted by Gasteiger charge is -2.26. The summed E-state index contributed by atoms with van der Waals surface area (Å²) in [6.07, 6.45) is 6.82. The predicted octanol–water partition coefficient (Wildman–Crippen LogP) is 12.9. The molecule has 0 bridgehead atoms. The van der Waals surface area contributed by atoms with Crippen LogP contribution in [-0.4, -0.2) is 4.57 Å². The standard InChI is InChI=1S/C47H36N2/c1-33-18-25-39(26-19-33)48(41-29-22-36(23-30-41)43-16-9-11-35-10-5-6-14-42(35)43)40-27-20-34(21-28-40)37-24-31-47-45(32-37)44-15-7-8-17-46(44)49(47)38-12-3-2-4-13-38/h2-4,6-9,11-32H,5,10H2,1H3. The van der Waals surface area contributed by atoms with Crippen LogP contribution in [0.15, 0.2) is 170 Å². The van der Waals surface area contributed by atoms with Gasteiger partial charge < -0.3 is 9.47 Å². The number of fused-ring (bicyclic) bond motifs is 4. The van der Waals surface area contributed by atoms with E-state index in [0.29, 0.717) is 0 Å². The van der Waals surface area contributed by atoms with Gasteiger partial charge in [0.2, 0.25) is 0 Å². The molecule has 0 N–H and O–H groups in total. The Morgan fingerprint density at radius 1 is 0.510 bits per heavy atom. The van der Waals surface area contributed by atoms with Crippen LogP contribution < -0.4 is 4.90 Å². The van der Waals surface area contributed by atoms with E-state index in [0.717, 1.165) is 29.9 Å². The van der Waals surface area contributed by atoms with Crippen LogP contribution >= 0.6 is 0 Å². The van der Waals surface area contributed by atoms with Crippen molar-refractivity contribution in [3.63, 3.8) is 0 Å². The summed E-state index contributed by atoms with van der Waals surface area (Å²) in [6.45, 7) is 2.14. The minimum atomic E-state index is 1.11. The van der Waals surface area contributed by atoms with Crippen molar-refractivity contribution in [2.45, 2.75) is 19.8 Å². The summed E-state index contributed by atoms with van der Waals surface area (Å²) >= 11 is 0. The Hall–Kier alpha value is -6.12. The fourth-order valence-electron chi connectivity index (χ4n) is 7.46. The van der Waals surface area contributed by atoms with E-state index in [1.807, 2.05) is 0 Å². The number of hydrogen-bond donors (Lipinski definition) is 0. The van der Waals surface area contributed by atoms with Gasteiger partial charge in [0.15, 0.2) is 0 Å². The van der Waals surface area contributed by atoms with Crippen molar-refractivity contribution in [1.29, 1.82) is 0 Å². The van der Waals surface area contributed by atoms with E-state index in [4.69, 9.17) is 0 Å².